The number of fused-ring (bicyclic) bond motifs is 3. The molecule has 1 N–H and O–H groups in total. The topological polar surface area (TPSA) is 38.7 Å². The quantitative estimate of drug-likeness (QED) is 0.863. The number of ether oxygens (including phenoxy) is 2. The summed E-state index contributed by atoms with van der Waals surface area (Å²) in [5.41, 5.74) is -0.487. The molecule has 0 amide bonds. The molecule has 5 heteroatoms. The molecule has 0 bridgehead atoms. The highest BCUT2D eigenvalue weighted by atomic mass is 19.1. The van der Waals surface area contributed by atoms with E-state index in [1.807, 2.05) is 6.92 Å². The van der Waals surface area contributed by atoms with E-state index in [1.54, 1.807) is 6.08 Å². The van der Waals surface area contributed by atoms with Gasteiger partial charge in [-0.1, -0.05) is 13.0 Å². The molecular formula is C18H22F2O3. The zero-order valence-electron chi connectivity index (χ0n) is 13.2. The molecule has 0 aromatic heterocycles. The van der Waals surface area contributed by atoms with Crippen LogP contribution in [0.1, 0.15) is 31.7 Å². The molecule has 2 aliphatic rings. The zero-order chi connectivity index (χ0) is 16.6. The molecule has 0 radical (unpaired) electrons. The van der Waals surface area contributed by atoms with Crippen molar-refractivity contribution in [3.63, 3.8) is 0 Å². The predicted molar refractivity (Wildman–Crippen MR) is 82.5 cm³/mol. The van der Waals surface area contributed by atoms with E-state index in [4.69, 9.17) is 9.47 Å². The Hall–Kier alpha value is -1.46. The number of halogens is 2. The lowest BCUT2D eigenvalue weighted by Crippen LogP contribution is -2.53. The number of hydrogen-bond acceptors (Lipinski definition) is 3. The van der Waals surface area contributed by atoms with Crippen LogP contribution in [0.15, 0.2) is 24.8 Å². The number of hydrogen-bond donors (Lipinski definition) is 1. The maximum absolute atomic E-state index is 14.5. The van der Waals surface area contributed by atoms with Gasteiger partial charge >= 0.3 is 0 Å². The molecule has 0 spiro atoms. The summed E-state index contributed by atoms with van der Waals surface area (Å²) in [6.45, 7) is 6.44. The number of aliphatic hydroxyl groups excluding tert-OH is 1. The Labute approximate surface area is 134 Å². The Kier molecular flexibility index (Phi) is 4.43. The number of allylic oxidation sites excluding steroid dienone is 1. The van der Waals surface area contributed by atoms with Gasteiger partial charge < -0.3 is 14.6 Å². The third-order valence-corrected chi connectivity index (χ3v) is 5.23. The summed E-state index contributed by atoms with van der Waals surface area (Å²) in [5, 5.41) is 9.97. The van der Waals surface area contributed by atoms with Crippen LogP contribution in [0, 0.1) is 17.6 Å². The van der Waals surface area contributed by atoms with Crippen LogP contribution in [0.4, 0.5) is 8.78 Å². The molecule has 2 heterocycles. The minimum atomic E-state index is -0.726. The SMILES string of the molecule is C=C[C@@]12CCO[C@@H](CC(O)CC)[C@@H]1COc1c(F)ccc(F)c12. The van der Waals surface area contributed by atoms with Gasteiger partial charge in [0.05, 0.1) is 18.8 Å². The summed E-state index contributed by atoms with van der Waals surface area (Å²) >= 11 is 0. The van der Waals surface area contributed by atoms with Crippen molar-refractivity contribution in [1.82, 2.24) is 0 Å². The minimum Gasteiger partial charge on any atom is -0.490 e. The maximum atomic E-state index is 14.5. The lowest BCUT2D eigenvalue weighted by Gasteiger charge is -2.50. The third kappa shape index (κ3) is 2.56. The van der Waals surface area contributed by atoms with E-state index in [1.165, 1.54) is 0 Å². The smallest absolute Gasteiger partial charge is 0.165 e. The van der Waals surface area contributed by atoms with Crippen LogP contribution in [-0.4, -0.2) is 30.5 Å². The van der Waals surface area contributed by atoms with Crippen molar-refractivity contribution in [1.29, 1.82) is 0 Å². The largest absolute Gasteiger partial charge is 0.490 e. The standard InChI is InChI=1S/C18H22F2O3/c1-3-11(21)9-15-12-10-23-17-14(20)6-5-13(19)16(17)18(12,4-2)7-8-22-15/h4-6,11-12,15,21H,2-3,7-10H2,1H3/t11?,12-,15-,18+/m0/s1. The van der Waals surface area contributed by atoms with Gasteiger partial charge in [0, 0.05) is 23.5 Å². The lowest BCUT2D eigenvalue weighted by atomic mass is 9.63. The van der Waals surface area contributed by atoms with Gasteiger partial charge in [-0.25, -0.2) is 8.78 Å². The van der Waals surface area contributed by atoms with E-state index < -0.39 is 23.2 Å². The average Bonchev–Trinajstić information content (AvgIpc) is 2.57. The first-order chi connectivity index (χ1) is 11.0. The maximum Gasteiger partial charge on any atom is 0.165 e. The second kappa shape index (κ2) is 6.21. The van der Waals surface area contributed by atoms with Crippen LogP contribution in [0.2, 0.25) is 0 Å². The Morgan fingerprint density at radius 2 is 2.17 bits per heavy atom. The summed E-state index contributed by atoms with van der Waals surface area (Å²) in [6, 6.07) is 2.22. The van der Waals surface area contributed by atoms with Crippen LogP contribution in [0.3, 0.4) is 0 Å². The molecule has 0 aliphatic carbocycles. The molecule has 2 aliphatic heterocycles. The Bertz CT molecular complexity index is 604. The van der Waals surface area contributed by atoms with Crippen LogP contribution in [-0.2, 0) is 10.2 Å². The van der Waals surface area contributed by atoms with Crippen molar-refractivity contribution in [2.24, 2.45) is 5.92 Å². The van der Waals surface area contributed by atoms with E-state index in [2.05, 4.69) is 6.58 Å². The first-order valence-corrected chi connectivity index (χ1v) is 8.08. The molecule has 4 atom stereocenters. The third-order valence-electron chi connectivity index (χ3n) is 5.23. The van der Waals surface area contributed by atoms with E-state index in [0.717, 1.165) is 12.1 Å². The number of benzene rings is 1. The van der Waals surface area contributed by atoms with Crippen molar-refractivity contribution < 1.29 is 23.4 Å². The van der Waals surface area contributed by atoms with Crippen LogP contribution in [0.25, 0.3) is 0 Å². The van der Waals surface area contributed by atoms with E-state index >= 15 is 0 Å². The minimum absolute atomic E-state index is 0.0159. The summed E-state index contributed by atoms with van der Waals surface area (Å²) in [5.74, 6) is -1.25. The van der Waals surface area contributed by atoms with Crippen molar-refractivity contribution in [3.8, 4) is 5.75 Å². The monoisotopic (exact) mass is 324 g/mol. The molecule has 3 nitrogen and oxygen atoms in total. The first kappa shape index (κ1) is 16.4. The van der Waals surface area contributed by atoms with Crippen LogP contribution < -0.4 is 4.74 Å². The van der Waals surface area contributed by atoms with Gasteiger partial charge in [-0.15, -0.1) is 6.58 Å². The molecule has 1 saturated heterocycles. The molecule has 23 heavy (non-hydrogen) atoms. The summed E-state index contributed by atoms with van der Waals surface area (Å²) in [4.78, 5) is 0. The molecule has 3 rings (SSSR count). The Morgan fingerprint density at radius 3 is 2.87 bits per heavy atom. The number of rotatable bonds is 4. The van der Waals surface area contributed by atoms with Gasteiger partial charge in [0.2, 0.25) is 0 Å². The molecule has 1 aromatic rings. The number of aliphatic hydroxyl groups is 1. The van der Waals surface area contributed by atoms with E-state index in [9.17, 15) is 13.9 Å². The van der Waals surface area contributed by atoms with Gasteiger partial charge in [-0.2, -0.15) is 0 Å². The fourth-order valence-corrected chi connectivity index (χ4v) is 3.88. The van der Waals surface area contributed by atoms with Gasteiger partial charge in [-0.05, 0) is 31.4 Å². The second-order valence-corrected chi connectivity index (χ2v) is 6.35. The predicted octanol–water partition coefficient (Wildman–Crippen LogP) is 3.35. The summed E-state index contributed by atoms with van der Waals surface area (Å²) in [7, 11) is 0. The molecular weight excluding hydrogens is 302 g/mol. The summed E-state index contributed by atoms with van der Waals surface area (Å²) in [6.07, 6.45) is 2.54. The van der Waals surface area contributed by atoms with Crippen molar-refractivity contribution >= 4 is 0 Å². The fraction of sp³-hybridized carbons (Fsp3) is 0.556. The van der Waals surface area contributed by atoms with E-state index in [-0.39, 0.29) is 29.9 Å². The van der Waals surface area contributed by atoms with Gasteiger partial charge in [-0.3, -0.25) is 0 Å². The Balaban J connectivity index is 2.06. The van der Waals surface area contributed by atoms with E-state index in [0.29, 0.717) is 25.9 Å². The Morgan fingerprint density at radius 1 is 1.43 bits per heavy atom. The van der Waals surface area contributed by atoms with Gasteiger partial charge in [0.1, 0.15) is 5.82 Å². The first-order valence-electron chi connectivity index (χ1n) is 8.08. The van der Waals surface area contributed by atoms with Gasteiger partial charge in [0.15, 0.2) is 11.6 Å². The lowest BCUT2D eigenvalue weighted by molar-refractivity contribution is -0.0981. The average molecular weight is 324 g/mol. The van der Waals surface area contributed by atoms with Crippen molar-refractivity contribution in [2.75, 3.05) is 13.2 Å². The second-order valence-electron chi connectivity index (χ2n) is 6.35. The summed E-state index contributed by atoms with van der Waals surface area (Å²) < 4.78 is 40.0. The highest BCUT2D eigenvalue weighted by Gasteiger charge is 2.52. The molecule has 126 valence electrons. The molecule has 1 unspecified atom stereocenters. The molecule has 1 aromatic carbocycles. The molecule has 0 saturated carbocycles. The fourth-order valence-electron chi connectivity index (χ4n) is 3.88. The van der Waals surface area contributed by atoms with Crippen molar-refractivity contribution in [2.45, 2.75) is 43.8 Å². The normalized spacial score (nSPS) is 30.8. The zero-order valence-corrected chi connectivity index (χ0v) is 13.2. The van der Waals surface area contributed by atoms with Crippen LogP contribution in [0.5, 0.6) is 5.75 Å². The van der Waals surface area contributed by atoms with Crippen LogP contribution >= 0.6 is 0 Å². The van der Waals surface area contributed by atoms with Crippen molar-refractivity contribution in [3.05, 3.63) is 42.0 Å². The highest BCUT2D eigenvalue weighted by Crippen LogP contribution is 2.51. The highest BCUT2D eigenvalue weighted by molar-refractivity contribution is 5.47. The molecule has 1 fully saturated rings. The van der Waals surface area contributed by atoms with Gasteiger partial charge in [0.25, 0.3) is 0 Å².